The minimum absolute atomic E-state index is 0.144. The lowest BCUT2D eigenvalue weighted by Crippen LogP contribution is -2.25. The Labute approximate surface area is 98.0 Å². The monoisotopic (exact) mass is 210 g/mol. The molecule has 16 heavy (non-hydrogen) atoms. The Hall–Kier alpha value is -1.52. The highest BCUT2D eigenvalue weighted by Gasteiger charge is 2.31. The molecule has 0 spiro atoms. The summed E-state index contributed by atoms with van der Waals surface area (Å²) in [5, 5.41) is 0. The standard InChI is InChI=1S/C16H18/c1-3-16(4-2,15-12-8-9-13-15)14-10-6-5-7-11-14/h5-12H,3-4H2,1-2H3. The van der Waals surface area contributed by atoms with Crippen LogP contribution in [0.2, 0.25) is 0 Å². The largest absolute Gasteiger partial charge is 0.116 e. The van der Waals surface area contributed by atoms with Crippen LogP contribution in [0, 0.1) is 0 Å². The van der Waals surface area contributed by atoms with Gasteiger partial charge < -0.3 is 0 Å². The van der Waals surface area contributed by atoms with E-state index in [1.165, 1.54) is 11.1 Å². The molecule has 2 rings (SSSR count). The zero-order valence-corrected chi connectivity index (χ0v) is 10.0. The van der Waals surface area contributed by atoms with Crippen LogP contribution in [0.3, 0.4) is 0 Å². The van der Waals surface area contributed by atoms with Crippen molar-refractivity contribution in [2.75, 3.05) is 0 Å². The molecule has 0 nitrogen and oxygen atoms in total. The van der Waals surface area contributed by atoms with Crippen molar-refractivity contribution in [2.45, 2.75) is 32.1 Å². The van der Waals surface area contributed by atoms with Crippen LogP contribution in [0.4, 0.5) is 0 Å². The third-order valence-electron chi connectivity index (χ3n) is 3.65. The summed E-state index contributed by atoms with van der Waals surface area (Å²) >= 11 is 0. The van der Waals surface area contributed by atoms with Crippen LogP contribution in [0.25, 0.3) is 0 Å². The molecule has 0 amide bonds. The number of hydrogen-bond donors (Lipinski definition) is 0. The molecule has 0 aliphatic heterocycles. The molecule has 0 atom stereocenters. The minimum Gasteiger partial charge on any atom is -0.116 e. The molecular formula is C16H18. The maximum atomic E-state index is 3.38. The van der Waals surface area contributed by atoms with Crippen LogP contribution >= 0.6 is 0 Å². The predicted octanol–water partition coefficient (Wildman–Crippen LogP) is 4.40. The van der Waals surface area contributed by atoms with Gasteiger partial charge in [-0.05, 0) is 30.6 Å². The van der Waals surface area contributed by atoms with E-state index in [4.69, 9.17) is 0 Å². The van der Waals surface area contributed by atoms with E-state index >= 15 is 0 Å². The summed E-state index contributed by atoms with van der Waals surface area (Å²) in [5.41, 5.74) is 6.25. The van der Waals surface area contributed by atoms with E-state index in [0.717, 1.165) is 12.8 Å². The minimum atomic E-state index is 0.144. The molecule has 1 aromatic carbocycles. The van der Waals surface area contributed by atoms with E-state index in [-0.39, 0.29) is 5.41 Å². The fourth-order valence-electron chi connectivity index (χ4n) is 2.58. The van der Waals surface area contributed by atoms with Crippen LogP contribution in [0.15, 0.2) is 59.9 Å². The first-order valence-electron chi connectivity index (χ1n) is 6.03. The average molecular weight is 210 g/mol. The van der Waals surface area contributed by atoms with Gasteiger partial charge in [-0.1, -0.05) is 50.3 Å². The fraction of sp³-hybridized carbons (Fsp3) is 0.312. The Morgan fingerprint density at radius 3 is 2.25 bits per heavy atom. The quantitative estimate of drug-likeness (QED) is 0.646. The van der Waals surface area contributed by atoms with Gasteiger partial charge in [-0.15, -0.1) is 5.73 Å². The summed E-state index contributed by atoms with van der Waals surface area (Å²) in [5.74, 6) is 0. The highest BCUT2D eigenvalue weighted by Crippen LogP contribution is 2.39. The summed E-state index contributed by atoms with van der Waals surface area (Å²) in [4.78, 5) is 0. The number of benzene rings is 1. The predicted molar refractivity (Wildman–Crippen MR) is 69.4 cm³/mol. The van der Waals surface area contributed by atoms with Gasteiger partial charge >= 0.3 is 0 Å². The van der Waals surface area contributed by atoms with E-state index in [1.54, 1.807) is 0 Å². The van der Waals surface area contributed by atoms with Gasteiger partial charge in [0.1, 0.15) is 0 Å². The lowest BCUT2D eigenvalue weighted by Gasteiger charge is -2.32. The summed E-state index contributed by atoms with van der Waals surface area (Å²) in [7, 11) is 0. The van der Waals surface area contributed by atoms with E-state index in [9.17, 15) is 0 Å². The van der Waals surface area contributed by atoms with Crippen molar-refractivity contribution in [1.82, 2.24) is 0 Å². The SMILES string of the molecule is CCC(CC)(C1=C=CC=C1)c1ccccc1. The number of allylic oxidation sites excluding steroid dienone is 3. The van der Waals surface area contributed by atoms with Gasteiger partial charge in [-0.3, -0.25) is 0 Å². The normalized spacial score (nSPS) is 14.2. The van der Waals surface area contributed by atoms with E-state index in [1.807, 2.05) is 6.08 Å². The smallest absolute Gasteiger partial charge is 0.0270 e. The van der Waals surface area contributed by atoms with Gasteiger partial charge in [0.25, 0.3) is 0 Å². The van der Waals surface area contributed by atoms with E-state index < -0.39 is 0 Å². The van der Waals surface area contributed by atoms with Crippen LogP contribution in [-0.2, 0) is 5.41 Å². The zero-order chi connectivity index (χ0) is 11.4. The van der Waals surface area contributed by atoms with Crippen molar-refractivity contribution < 1.29 is 0 Å². The number of hydrogen-bond acceptors (Lipinski definition) is 0. The Bertz CT molecular complexity index is 438. The first-order valence-corrected chi connectivity index (χ1v) is 6.03. The first kappa shape index (κ1) is 11.0. The molecular weight excluding hydrogens is 192 g/mol. The van der Waals surface area contributed by atoms with Gasteiger partial charge in [0.05, 0.1) is 0 Å². The maximum Gasteiger partial charge on any atom is 0.0270 e. The summed E-state index contributed by atoms with van der Waals surface area (Å²) in [6.45, 7) is 4.52. The van der Waals surface area contributed by atoms with Crippen molar-refractivity contribution in [3.05, 3.63) is 65.4 Å². The molecule has 0 fully saturated rings. The van der Waals surface area contributed by atoms with Gasteiger partial charge in [-0.25, -0.2) is 0 Å². The molecule has 1 aliphatic rings. The van der Waals surface area contributed by atoms with E-state index in [2.05, 4.69) is 62.1 Å². The fourth-order valence-corrected chi connectivity index (χ4v) is 2.58. The van der Waals surface area contributed by atoms with Gasteiger partial charge in [0.15, 0.2) is 0 Å². The second-order valence-electron chi connectivity index (χ2n) is 4.24. The molecule has 0 saturated heterocycles. The van der Waals surface area contributed by atoms with Crippen molar-refractivity contribution >= 4 is 0 Å². The summed E-state index contributed by atoms with van der Waals surface area (Å²) < 4.78 is 0. The zero-order valence-electron chi connectivity index (χ0n) is 10.0. The molecule has 0 saturated carbocycles. The Balaban J connectivity index is 2.52. The Kier molecular flexibility index (Phi) is 3.12. The molecule has 0 heteroatoms. The van der Waals surface area contributed by atoms with Gasteiger partial charge in [0.2, 0.25) is 0 Å². The third-order valence-corrected chi connectivity index (χ3v) is 3.65. The third kappa shape index (κ3) is 1.66. The molecule has 0 aromatic heterocycles. The molecule has 1 aromatic rings. The van der Waals surface area contributed by atoms with Crippen LogP contribution in [0.5, 0.6) is 0 Å². The highest BCUT2D eigenvalue weighted by atomic mass is 14.3. The summed E-state index contributed by atoms with van der Waals surface area (Å²) in [6, 6.07) is 10.8. The second-order valence-corrected chi connectivity index (χ2v) is 4.24. The molecule has 0 heterocycles. The molecule has 0 unspecified atom stereocenters. The number of rotatable bonds is 4. The highest BCUT2D eigenvalue weighted by molar-refractivity contribution is 5.44. The van der Waals surface area contributed by atoms with Crippen LogP contribution in [-0.4, -0.2) is 0 Å². The Morgan fingerprint density at radius 2 is 1.75 bits per heavy atom. The van der Waals surface area contributed by atoms with Crippen molar-refractivity contribution in [1.29, 1.82) is 0 Å². The van der Waals surface area contributed by atoms with Gasteiger partial charge in [-0.2, -0.15) is 0 Å². The molecule has 0 radical (unpaired) electrons. The van der Waals surface area contributed by atoms with Crippen molar-refractivity contribution in [2.24, 2.45) is 0 Å². The van der Waals surface area contributed by atoms with Crippen molar-refractivity contribution in [3.63, 3.8) is 0 Å². The molecule has 82 valence electrons. The maximum absolute atomic E-state index is 3.38. The van der Waals surface area contributed by atoms with Crippen LogP contribution in [0.1, 0.15) is 32.3 Å². The average Bonchev–Trinajstić information content (AvgIpc) is 2.87. The lowest BCUT2D eigenvalue weighted by atomic mass is 9.70. The lowest BCUT2D eigenvalue weighted by molar-refractivity contribution is 0.478. The Morgan fingerprint density at radius 1 is 1.06 bits per heavy atom. The molecule has 0 bridgehead atoms. The second kappa shape index (κ2) is 4.55. The molecule has 1 aliphatic carbocycles. The topological polar surface area (TPSA) is 0 Å². The van der Waals surface area contributed by atoms with Crippen LogP contribution < -0.4 is 0 Å². The molecule has 0 N–H and O–H groups in total. The van der Waals surface area contributed by atoms with Crippen molar-refractivity contribution in [3.8, 4) is 0 Å². The summed E-state index contributed by atoms with van der Waals surface area (Å²) in [6.07, 6.45) is 8.53. The van der Waals surface area contributed by atoms with E-state index in [0.29, 0.717) is 0 Å². The first-order chi connectivity index (χ1) is 7.83. The van der Waals surface area contributed by atoms with Gasteiger partial charge in [0, 0.05) is 11.0 Å².